The number of benzene rings is 1. The predicted molar refractivity (Wildman–Crippen MR) is 73.5 cm³/mol. The maximum Gasteiger partial charge on any atom is 0.371 e. The largest absolute Gasteiger partial charge is 0.475 e. The van der Waals surface area contributed by atoms with Crippen LogP contribution in [0.1, 0.15) is 41.8 Å². The monoisotopic (exact) mass is 259 g/mol. The molecule has 0 aliphatic carbocycles. The van der Waals surface area contributed by atoms with Crippen molar-refractivity contribution in [1.29, 1.82) is 0 Å². The Kier molecular flexibility index (Phi) is 3.90. The van der Waals surface area contributed by atoms with Crippen molar-refractivity contribution in [3.05, 3.63) is 53.5 Å². The van der Waals surface area contributed by atoms with Crippen LogP contribution in [0, 0.1) is 0 Å². The molecule has 1 atom stereocenters. The van der Waals surface area contributed by atoms with Gasteiger partial charge in [0.2, 0.25) is 5.76 Å². The topological polar surface area (TPSA) is 62.5 Å². The van der Waals surface area contributed by atoms with Crippen LogP contribution < -0.4 is 5.32 Å². The number of hydrogen-bond acceptors (Lipinski definition) is 3. The molecule has 19 heavy (non-hydrogen) atoms. The molecule has 1 aromatic carbocycles. The van der Waals surface area contributed by atoms with Crippen LogP contribution >= 0.6 is 0 Å². The van der Waals surface area contributed by atoms with Gasteiger partial charge in [0.05, 0.1) is 6.04 Å². The molecular formula is C15H17NO3. The standard InChI is InChI=1S/C15H17NO3/c1-3-11-5-4-6-12(9-11)16-10(2)13-7-8-14(19-13)15(17)18/h4-10,16H,3H2,1-2H3,(H,17,18). The summed E-state index contributed by atoms with van der Waals surface area (Å²) in [6, 6.07) is 11.2. The van der Waals surface area contributed by atoms with E-state index in [9.17, 15) is 4.79 Å². The predicted octanol–water partition coefficient (Wildman–Crippen LogP) is 3.71. The van der Waals surface area contributed by atoms with Crippen molar-refractivity contribution in [2.45, 2.75) is 26.3 Å². The number of carboxylic acid groups (broad SMARTS) is 1. The number of nitrogens with one attached hydrogen (secondary N) is 1. The van der Waals surface area contributed by atoms with Gasteiger partial charge < -0.3 is 14.8 Å². The van der Waals surface area contributed by atoms with Crippen molar-refractivity contribution < 1.29 is 14.3 Å². The van der Waals surface area contributed by atoms with Crippen LogP contribution in [0.2, 0.25) is 0 Å². The van der Waals surface area contributed by atoms with E-state index in [1.54, 1.807) is 6.07 Å². The van der Waals surface area contributed by atoms with Crippen LogP contribution in [-0.2, 0) is 6.42 Å². The maximum atomic E-state index is 10.8. The molecule has 0 saturated heterocycles. The van der Waals surface area contributed by atoms with Gasteiger partial charge in [0.25, 0.3) is 0 Å². The van der Waals surface area contributed by atoms with Crippen molar-refractivity contribution >= 4 is 11.7 Å². The van der Waals surface area contributed by atoms with Gasteiger partial charge in [0, 0.05) is 5.69 Å². The molecule has 0 saturated carbocycles. The molecule has 0 amide bonds. The maximum absolute atomic E-state index is 10.8. The van der Waals surface area contributed by atoms with E-state index in [0.29, 0.717) is 5.76 Å². The van der Waals surface area contributed by atoms with Crippen LogP contribution in [-0.4, -0.2) is 11.1 Å². The molecule has 0 aliphatic rings. The number of rotatable bonds is 5. The van der Waals surface area contributed by atoms with Crippen LogP contribution in [0.15, 0.2) is 40.8 Å². The van der Waals surface area contributed by atoms with E-state index >= 15 is 0 Å². The molecule has 4 heteroatoms. The van der Waals surface area contributed by atoms with E-state index in [0.717, 1.165) is 12.1 Å². The van der Waals surface area contributed by atoms with E-state index in [-0.39, 0.29) is 11.8 Å². The molecule has 2 N–H and O–H groups in total. The first kappa shape index (κ1) is 13.2. The highest BCUT2D eigenvalue weighted by Crippen LogP contribution is 2.22. The average Bonchev–Trinajstić information content (AvgIpc) is 2.89. The minimum absolute atomic E-state index is 0.0361. The number of hydrogen-bond donors (Lipinski definition) is 2. The Morgan fingerprint density at radius 3 is 2.79 bits per heavy atom. The van der Waals surface area contributed by atoms with E-state index in [1.807, 2.05) is 19.1 Å². The van der Waals surface area contributed by atoms with Crippen molar-refractivity contribution in [1.82, 2.24) is 0 Å². The minimum atomic E-state index is -1.05. The fourth-order valence-electron chi connectivity index (χ4n) is 1.90. The smallest absolute Gasteiger partial charge is 0.371 e. The Morgan fingerprint density at radius 1 is 1.37 bits per heavy atom. The van der Waals surface area contributed by atoms with Crippen molar-refractivity contribution in [2.24, 2.45) is 0 Å². The Morgan fingerprint density at radius 2 is 2.16 bits per heavy atom. The first-order chi connectivity index (χ1) is 9.10. The molecule has 1 heterocycles. The van der Waals surface area contributed by atoms with Gasteiger partial charge in [0.1, 0.15) is 5.76 Å². The van der Waals surface area contributed by atoms with Crippen molar-refractivity contribution in [2.75, 3.05) is 5.32 Å². The summed E-state index contributed by atoms with van der Waals surface area (Å²) in [4.78, 5) is 10.8. The fraction of sp³-hybridized carbons (Fsp3) is 0.267. The first-order valence-corrected chi connectivity index (χ1v) is 6.28. The van der Waals surface area contributed by atoms with Crippen LogP contribution in [0.5, 0.6) is 0 Å². The SMILES string of the molecule is CCc1cccc(NC(C)c2ccc(C(=O)O)o2)c1. The van der Waals surface area contributed by atoms with Gasteiger partial charge in [-0.05, 0) is 43.2 Å². The Bertz CT molecular complexity index is 574. The lowest BCUT2D eigenvalue weighted by molar-refractivity contribution is 0.0660. The number of carboxylic acids is 1. The summed E-state index contributed by atoms with van der Waals surface area (Å²) in [6.45, 7) is 4.04. The summed E-state index contributed by atoms with van der Waals surface area (Å²) < 4.78 is 5.27. The van der Waals surface area contributed by atoms with Crippen molar-refractivity contribution in [3.8, 4) is 0 Å². The molecular weight excluding hydrogens is 242 g/mol. The number of carbonyl (C=O) groups is 1. The second kappa shape index (κ2) is 5.61. The highest BCUT2D eigenvalue weighted by atomic mass is 16.4. The molecule has 100 valence electrons. The zero-order valence-electron chi connectivity index (χ0n) is 11.0. The van der Waals surface area contributed by atoms with Crippen LogP contribution in [0.4, 0.5) is 5.69 Å². The fourth-order valence-corrected chi connectivity index (χ4v) is 1.90. The molecule has 1 unspecified atom stereocenters. The quantitative estimate of drug-likeness (QED) is 0.859. The summed E-state index contributed by atoms with van der Waals surface area (Å²) in [5.41, 5.74) is 2.25. The highest BCUT2D eigenvalue weighted by Gasteiger charge is 2.14. The van der Waals surface area contributed by atoms with E-state index in [4.69, 9.17) is 9.52 Å². The molecule has 0 fully saturated rings. The lowest BCUT2D eigenvalue weighted by atomic mass is 10.1. The van der Waals surface area contributed by atoms with Gasteiger partial charge in [-0.15, -0.1) is 0 Å². The number of furan rings is 1. The second-order valence-electron chi connectivity index (χ2n) is 4.43. The third-order valence-electron chi connectivity index (χ3n) is 2.98. The zero-order chi connectivity index (χ0) is 13.8. The third-order valence-corrected chi connectivity index (χ3v) is 2.98. The van der Waals surface area contributed by atoms with Gasteiger partial charge in [-0.25, -0.2) is 4.79 Å². The molecule has 0 bridgehead atoms. The molecule has 0 radical (unpaired) electrons. The van der Waals surface area contributed by atoms with Crippen LogP contribution in [0.3, 0.4) is 0 Å². The van der Waals surface area contributed by atoms with Gasteiger partial charge in [-0.3, -0.25) is 0 Å². The minimum Gasteiger partial charge on any atom is -0.475 e. The molecule has 4 nitrogen and oxygen atoms in total. The van der Waals surface area contributed by atoms with E-state index in [2.05, 4.69) is 24.4 Å². The number of aromatic carboxylic acids is 1. The van der Waals surface area contributed by atoms with Gasteiger partial charge >= 0.3 is 5.97 Å². The number of aryl methyl sites for hydroxylation is 1. The number of anilines is 1. The molecule has 0 spiro atoms. The van der Waals surface area contributed by atoms with E-state index < -0.39 is 5.97 Å². The summed E-state index contributed by atoms with van der Waals surface area (Å²) in [5.74, 6) is -0.475. The lowest BCUT2D eigenvalue weighted by Gasteiger charge is -2.13. The lowest BCUT2D eigenvalue weighted by Crippen LogP contribution is -2.05. The molecule has 1 aromatic heterocycles. The third kappa shape index (κ3) is 3.16. The normalized spacial score (nSPS) is 12.1. The Balaban J connectivity index is 2.10. The Hall–Kier alpha value is -2.23. The van der Waals surface area contributed by atoms with Gasteiger partial charge in [0.15, 0.2) is 0 Å². The molecule has 2 aromatic rings. The molecule has 2 rings (SSSR count). The summed E-state index contributed by atoms with van der Waals surface area (Å²) in [5, 5.41) is 12.1. The first-order valence-electron chi connectivity index (χ1n) is 6.28. The average molecular weight is 259 g/mol. The second-order valence-corrected chi connectivity index (χ2v) is 4.43. The highest BCUT2D eigenvalue weighted by molar-refractivity contribution is 5.84. The van der Waals surface area contributed by atoms with E-state index in [1.165, 1.54) is 11.6 Å². The molecule has 0 aliphatic heterocycles. The van der Waals surface area contributed by atoms with Crippen LogP contribution in [0.25, 0.3) is 0 Å². The van der Waals surface area contributed by atoms with Gasteiger partial charge in [-0.2, -0.15) is 0 Å². The summed E-state index contributed by atoms with van der Waals surface area (Å²) in [7, 11) is 0. The summed E-state index contributed by atoms with van der Waals surface area (Å²) in [6.07, 6.45) is 0.980. The van der Waals surface area contributed by atoms with Gasteiger partial charge in [-0.1, -0.05) is 19.1 Å². The Labute approximate surface area is 112 Å². The zero-order valence-corrected chi connectivity index (χ0v) is 11.0. The van der Waals surface area contributed by atoms with Crippen molar-refractivity contribution in [3.63, 3.8) is 0 Å². The summed E-state index contributed by atoms with van der Waals surface area (Å²) >= 11 is 0.